The molecule has 0 radical (unpaired) electrons. The Kier molecular flexibility index (Phi) is 3.57. The molecule has 1 aromatic carbocycles. The molecule has 1 aromatic rings. The van der Waals surface area contributed by atoms with Gasteiger partial charge in [-0.15, -0.1) is 0 Å². The second-order valence-electron chi connectivity index (χ2n) is 4.21. The average molecular weight is 201 g/mol. The Balaban J connectivity index is 2.34. The highest BCUT2D eigenvalue weighted by Crippen LogP contribution is 2.30. The molecule has 0 bridgehead atoms. The van der Waals surface area contributed by atoms with Gasteiger partial charge in [0.2, 0.25) is 0 Å². The smallest absolute Gasteiger partial charge is 0.0142 e. The van der Waals surface area contributed by atoms with Crippen molar-refractivity contribution in [2.24, 2.45) is 5.73 Å². The summed E-state index contributed by atoms with van der Waals surface area (Å²) in [5.41, 5.74) is 10.2. The predicted molar refractivity (Wildman–Crippen MR) is 65.5 cm³/mol. The minimum Gasteiger partial charge on any atom is -0.327 e. The molecule has 0 amide bonds. The third kappa shape index (κ3) is 2.48. The zero-order chi connectivity index (χ0) is 10.5. The maximum atomic E-state index is 5.84. The van der Waals surface area contributed by atoms with Gasteiger partial charge in [-0.1, -0.05) is 42.3 Å². The molecule has 2 N–H and O–H groups in total. The first-order valence-corrected chi connectivity index (χ1v) is 5.88. The fraction of sp³-hybridized carbons (Fsp3) is 0.429. The molecule has 1 heteroatoms. The van der Waals surface area contributed by atoms with Crippen molar-refractivity contribution in [2.45, 2.75) is 32.1 Å². The number of rotatable bonds is 2. The van der Waals surface area contributed by atoms with E-state index >= 15 is 0 Å². The first kappa shape index (κ1) is 10.4. The van der Waals surface area contributed by atoms with Crippen LogP contribution in [0.25, 0.3) is 5.57 Å². The first-order chi connectivity index (χ1) is 7.42. The highest BCUT2D eigenvalue weighted by atomic mass is 14.5. The van der Waals surface area contributed by atoms with Gasteiger partial charge in [-0.2, -0.15) is 0 Å². The molecule has 0 atom stereocenters. The van der Waals surface area contributed by atoms with E-state index in [0.717, 1.165) is 6.54 Å². The summed E-state index contributed by atoms with van der Waals surface area (Å²) in [7, 11) is 0. The van der Waals surface area contributed by atoms with E-state index in [4.69, 9.17) is 5.73 Å². The molecular formula is C14H19N. The van der Waals surface area contributed by atoms with Crippen molar-refractivity contribution in [1.29, 1.82) is 0 Å². The van der Waals surface area contributed by atoms with Gasteiger partial charge < -0.3 is 5.73 Å². The quantitative estimate of drug-likeness (QED) is 0.780. The molecule has 0 fully saturated rings. The number of hydrogen-bond donors (Lipinski definition) is 1. The summed E-state index contributed by atoms with van der Waals surface area (Å²) in [6, 6.07) is 10.7. The van der Waals surface area contributed by atoms with Crippen LogP contribution in [-0.2, 0) is 0 Å². The van der Waals surface area contributed by atoms with Gasteiger partial charge in [0.25, 0.3) is 0 Å². The second kappa shape index (κ2) is 5.13. The van der Waals surface area contributed by atoms with E-state index < -0.39 is 0 Å². The molecule has 0 aliphatic heterocycles. The van der Waals surface area contributed by atoms with E-state index in [1.807, 2.05) is 0 Å². The lowest BCUT2D eigenvalue weighted by Crippen LogP contribution is -2.05. The van der Waals surface area contributed by atoms with Crippen LogP contribution < -0.4 is 5.73 Å². The van der Waals surface area contributed by atoms with E-state index in [2.05, 4.69) is 30.3 Å². The van der Waals surface area contributed by atoms with E-state index in [0.29, 0.717) is 0 Å². The van der Waals surface area contributed by atoms with Gasteiger partial charge in [-0.05, 0) is 36.8 Å². The lowest BCUT2D eigenvalue weighted by molar-refractivity contribution is 0.709. The van der Waals surface area contributed by atoms with Crippen LogP contribution in [0, 0.1) is 0 Å². The largest absolute Gasteiger partial charge is 0.327 e. The first-order valence-electron chi connectivity index (χ1n) is 5.88. The summed E-state index contributed by atoms with van der Waals surface area (Å²) in [5, 5.41) is 0. The zero-order valence-corrected chi connectivity index (χ0v) is 9.21. The molecule has 15 heavy (non-hydrogen) atoms. The lowest BCUT2D eigenvalue weighted by atomic mass is 9.96. The van der Waals surface area contributed by atoms with Gasteiger partial charge in [0.05, 0.1) is 0 Å². The Morgan fingerprint density at radius 1 is 0.933 bits per heavy atom. The van der Waals surface area contributed by atoms with Crippen molar-refractivity contribution in [3.8, 4) is 0 Å². The Labute approximate surface area is 92.0 Å². The third-order valence-corrected chi connectivity index (χ3v) is 3.20. The monoisotopic (exact) mass is 201 g/mol. The maximum Gasteiger partial charge on any atom is 0.0142 e. The molecule has 0 saturated heterocycles. The zero-order valence-electron chi connectivity index (χ0n) is 9.21. The van der Waals surface area contributed by atoms with Crippen molar-refractivity contribution in [1.82, 2.24) is 0 Å². The van der Waals surface area contributed by atoms with Gasteiger partial charge in [0.1, 0.15) is 0 Å². The average Bonchev–Trinajstić information content (AvgIpc) is 2.55. The van der Waals surface area contributed by atoms with Gasteiger partial charge in [0.15, 0.2) is 0 Å². The highest BCUT2D eigenvalue weighted by molar-refractivity contribution is 5.69. The van der Waals surface area contributed by atoms with Gasteiger partial charge in [-0.3, -0.25) is 0 Å². The van der Waals surface area contributed by atoms with E-state index in [1.54, 1.807) is 0 Å². The molecule has 2 rings (SSSR count). The number of hydrogen-bond acceptors (Lipinski definition) is 1. The Hall–Kier alpha value is -1.08. The predicted octanol–water partition coefficient (Wildman–Crippen LogP) is 3.36. The fourth-order valence-electron chi connectivity index (χ4n) is 2.36. The van der Waals surface area contributed by atoms with Crippen molar-refractivity contribution in [3.63, 3.8) is 0 Å². The highest BCUT2D eigenvalue weighted by Gasteiger charge is 2.11. The van der Waals surface area contributed by atoms with Crippen LogP contribution in [0.5, 0.6) is 0 Å². The van der Waals surface area contributed by atoms with Gasteiger partial charge in [-0.25, -0.2) is 0 Å². The van der Waals surface area contributed by atoms with E-state index in [-0.39, 0.29) is 0 Å². The van der Waals surface area contributed by atoms with E-state index in [1.165, 1.54) is 48.8 Å². The molecule has 1 aliphatic carbocycles. The summed E-state index contributed by atoms with van der Waals surface area (Å²) in [6.07, 6.45) is 6.37. The van der Waals surface area contributed by atoms with E-state index in [9.17, 15) is 0 Å². The number of allylic oxidation sites excluding steroid dienone is 1. The SMILES string of the molecule is NCC1=C(c2ccccc2)CCCCC1. The van der Waals surface area contributed by atoms with Crippen LogP contribution in [-0.4, -0.2) is 6.54 Å². The Morgan fingerprint density at radius 2 is 1.67 bits per heavy atom. The van der Waals surface area contributed by atoms with Crippen LogP contribution in [0.4, 0.5) is 0 Å². The lowest BCUT2D eigenvalue weighted by Gasteiger charge is -2.11. The molecule has 0 unspecified atom stereocenters. The molecule has 0 heterocycles. The van der Waals surface area contributed by atoms with Crippen LogP contribution >= 0.6 is 0 Å². The molecule has 1 nitrogen and oxygen atoms in total. The summed E-state index contributed by atoms with van der Waals surface area (Å²) >= 11 is 0. The third-order valence-electron chi connectivity index (χ3n) is 3.20. The van der Waals surface area contributed by atoms with Crippen LogP contribution in [0.2, 0.25) is 0 Å². The Morgan fingerprint density at radius 3 is 2.40 bits per heavy atom. The van der Waals surface area contributed by atoms with Crippen molar-refractivity contribution in [2.75, 3.05) is 6.54 Å². The standard InChI is InChI=1S/C14H19N/c15-11-13-9-5-2-6-10-14(13)12-7-3-1-4-8-12/h1,3-4,7-8H,2,5-6,9-11,15H2. The summed E-state index contributed by atoms with van der Waals surface area (Å²) in [6.45, 7) is 0.726. The minimum atomic E-state index is 0.726. The maximum absolute atomic E-state index is 5.84. The van der Waals surface area contributed by atoms with Crippen molar-refractivity contribution < 1.29 is 0 Å². The van der Waals surface area contributed by atoms with Crippen LogP contribution in [0.3, 0.4) is 0 Å². The van der Waals surface area contributed by atoms with Gasteiger partial charge >= 0.3 is 0 Å². The minimum absolute atomic E-state index is 0.726. The summed E-state index contributed by atoms with van der Waals surface area (Å²) < 4.78 is 0. The van der Waals surface area contributed by atoms with Crippen LogP contribution in [0.15, 0.2) is 35.9 Å². The molecule has 1 aliphatic rings. The molecule has 0 aromatic heterocycles. The number of nitrogens with two attached hydrogens (primary N) is 1. The molecule has 0 spiro atoms. The summed E-state index contributed by atoms with van der Waals surface area (Å²) in [5.74, 6) is 0. The molecular weight excluding hydrogens is 182 g/mol. The topological polar surface area (TPSA) is 26.0 Å². The fourth-order valence-corrected chi connectivity index (χ4v) is 2.36. The second-order valence-corrected chi connectivity index (χ2v) is 4.21. The normalized spacial score (nSPS) is 17.7. The Bertz CT molecular complexity index is 338. The number of benzene rings is 1. The van der Waals surface area contributed by atoms with Crippen molar-refractivity contribution in [3.05, 3.63) is 41.5 Å². The van der Waals surface area contributed by atoms with Gasteiger partial charge in [0, 0.05) is 6.54 Å². The van der Waals surface area contributed by atoms with Crippen molar-refractivity contribution >= 4 is 5.57 Å². The molecule has 80 valence electrons. The van der Waals surface area contributed by atoms with Crippen LogP contribution in [0.1, 0.15) is 37.7 Å². The summed E-state index contributed by atoms with van der Waals surface area (Å²) in [4.78, 5) is 0. The molecule has 0 saturated carbocycles.